The van der Waals surface area contributed by atoms with Gasteiger partial charge < -0.3 is 10.8 Å². The summed E-state index contributed by atoms with van der Waals surface area (Å²) in [6.45, 7) is 2.28. The molecule has 0 aromatic heterocycles. The summed E-state index contributed by atoms with van der Waals surface area (Å²) in [6.07, 6.45) is 7.21. The minimum atomic E-state index is 0.226. The van der Waals surface area contributed by atoms with Gasteiger partial charge in [0.1, 0.15) is 5.75 Å². The van der Waals surface area contributed by atoms with Crippen molar-refractivity contribution < 1.29 is 5.11 Å². The van der Waals surface area contributed by atoms with Crippen molar-refractivity contribution in [2.75, 3.05) is 0 Å². The number of benzene rings is 1. The van der Waals surface area contributed by atoms with Crippen LogP contribution in [0.25, 0.3) is 0 Å². The molecule has 0 saturated heterocycles. The summed E-state index contributed by atoms with van der Waals surface area (Å²) in [6, 6.07) is 6.18. The lowest BCUT2D eigenvalue weighted by Crippen LogP contribution is -2.52. The Hall–Kier alpha value is -1.02. The van der Waals surface area contributed by atoms with Crippen LogP contribution >= 0.6 is 0 Å². The Labute approximate surface area is 109 Å². The van der Waals surface area contributed by atoms with E-state index < -0.39 is 0 Å². The quantitative estimate of drug-likeness (QED) is 0.798. The number of hydrogen-bond acceptors (Lipinski definition) is 2. The van der Waals surface area contributed by atoms with E-state index in [-0.39, 0.29) is 5.41 Å². The Bertz CT molecular complexity index is 456. The first-order valence-electron chi connectivity index (χ1n) is 7.25. The molecule has 1 aromatic carbocycles. The fourth-order valence-electron chi connectivity index (χ4n) is 4.46. The van der Waals surface area contributed by atoms with Gasteiger partial charge in [-0.3, -0.25) is 0 Å². The number of phenolic OH excluding ortho intramolecular Hbond substituents is 1. The highest BCUT2D eigenvalue weighted by molar-refractivity contribution is 5.44. The Morgan fingerprint density at radius 2 is 2.22 bits per heavy atom. The predicted octanol–water partition coefficient (Wildman–Crippen LogP) is 3.11. The maximum atomic E-state index is 9.82. The topological polar surface area (TPSA) is 46.2 Å². The number of rotatable bonds is 1. The first-order valence-corrected chi connectivity index (χ1v) is 7.25. The molecule has 1 aromatic rings. The van der Waals surface area contributed by atoms with Crippen LogP contribution in [0.4, 0.5) is 0 Å². The summed E-state index contributed by atoms with van der Waals surface area (Å²) in [5.74, 6) is 1.01. The molecule has 0 spiro atoms. The van der Waals surface area contributed by atoms with E-state index in [4.69, 9.17) is 5.73 Å². The maximum Gasteiger partial charge on any atom is 0.115 e. The van der Waals surface area contributed by atoms with E-state index >= 15 is 0 Å². The molecule has 3 unspecified atom stereocenters. The number of aromatic hydroxyl groups is 1. The second-order valence-electron chi connectivity index (χ2n) is 6.07. The van der Waals surface area contributed by atoms with E-state index in [1.165, 1.54) is 36.8 Å². The van der Waals surface area contributed by atoms with Crippen LogP contribution in [0.1, 0.15) is 50.2 Å². The van der Waals surface area contributed by atoms with Gasteiger partial charge in [0.2, 0.25) is 0 Å². The average molecular weight is 245 g/mol. The SMILES string of the molecule is CCC12CCCCC1C(N)Cc1ccc(O)cc12. The molecule has 0 bridgehead atoms. The summed E-state index contributed by atoms with van der Waals surface area (Å²) >= 11 is 0. The van der Waals surface area contributed by atoms with Gasteiger partial charge >= 0.3 is 0 Å². The fraction of sp³-hybridized carbons (Fsp3) is 0.625. The molecule has 2 heteroatoms. The van der Waals surface area contributed by atoms with Gasteiger partial charge in [0.25, 0.3) is 0 Å². The van der Waals surface area contributed by atoms with Gasteiger partial charge in [-0.1, -0.05) is 25.8 Å². The van der Waals surface area contributed by atoms with Crippen LogP contribution < -0.4 is 5.73 Å². The third kappa shape index (κ3) is 1.58. The average Bonchev–Trinajstić information content (AvgIpc) is 2.40. The molecule has 2 nitrogen and oxygen atoms in total. The van der Waals surface area contributed by atoms with E-state index in [0.717, 1.165) is 12.8 Å². The number of phenols is 1. The van der Waals surface area contributed by atoms with Crippen molar-refractivity contribution in [1.82, 2.24) is 0 Å². The van der Waals surface area contributed by atoms with E-state index in [0.29, 0.717) is 17.7 Å². The Balaban J connectivity index is 2.16. The molecule has 0 heterocycles. The second-order valence-corrected chi connectivity index (χ2v) is 6.07. The standard InChI is InChI=1S/C16H23NO/c1-2-16-8-4-3-5-13(16)15(17)9-11-6-7-12(18)10-14(11)16/h6-7,10,13,15,18H,2-5,8-9,17H2,1H3. The molecule has 2 aliphatic rings. The number of fused-ring (bicyclic) bond motifs is 3. The molecule has 0 aliphatic heterocycles. The van der Waals surface area contributed by atoms with Crippen LogP contribution in [0.3, 0.4) is 0 Å². The lowest BCUT2D eigenvalue weighted by atomic mass is 9.54. The summed E-state index contributed by atoms with van der Waals surface area (Å²) in [7, 11) is 0. The van der Waals surface area contributed by atoms with Crippen molar-refractivity contribution in [1.29, 1.82) is 0 Å². The summed E-state index contributed by atoms with van der Waals surface area (Å²) in [4.78, 5) is 0. The third-order valence-electron chi connectivity index (χ3n) is 5.33. The van der Waals surface area contributed by atoms with Gasteiger partial charge in [-0.2, -0.15) is 0 Å². The summed E-state index contributed by atoms with van der Waals surface area (Å²) in [5, 5.41) is 9.82. The van der Waals surface area contributed by atoms with Crippen molar-refractivity contribution in [2.45, 2.75) is 56.9 Å². The summed E-state index contributed by atoms with van der Waals surface area (Å²) < 4.78 is 0. The molecular weight excluding hydrogens is 222 g/mol. The largest absolute Gasteiger partial charge is 0.508 e. The summed E-state index contributed by atoms with van der Waals surface area (Å²) in [5.41, 5.74) is 9.41. The smallest absolute Gasteiger partial charge is 0.115 e. The van der Waals surface area contributed by atoms with Crippen molar-refractivity contribution in [3.05, 3.63) is 29.3 Å². The molecule has 3 N–H and O–H groups in total. The second kappa shape index (κ2) is 4.27. The van der Waals surface area contributed by atoms with E-state index in [9.17, 15) is 5.11 Å². The van der Waals surface area contributed by atoms with Crippen molar-refractivity contribution >= 4 is 0 Å². The number of nitrogens with two attached hydrogens (primary N) is 1. The highest BCUT2D eigenvalue weighted by Gasteiger charge is 2.47. The van der Waals surface area contributed by atoms with Crippen molar-refractivity contribution in [2.24, 2.45) is 11.7 Å². The van der Waals surface area contributed by atoms with E-state index in [2.05, 4.69) is 13.0 Å². The van der Waals surface area contributed by atoms with Gasteiger partial charge in [-0.15, -0.1) is 0 Å². The molecule has 98 valence electrons. The Kier molecular flexibility index (Phi) is 2.86. The van der Waals surface area contributed by atoms with Gasteiger partial charge in [0.15, 0.2) is 0 Å². The fourth-order valence-corrected chi connectivity index (χ4v) is 4.46. The zero-order valence-electron chi connectivity index (χ0n) is 11.2. The Morgan fingerprint density at radius 1 is 1.39 bits per heavy atom. The molecule has 1 saturated carbocycles. The lowest BCUT2D eigenvalue weighted by Gasteiger charge is -2.51. The van der Waals surface area contributed by atoms with Gasteiger partial charge in [-0.05, 0) is 60.3 Å². The molecule has 18 heavy (non-hydrogen) atoms. The van der Waals surface area contributed by atoms with E-state index in [1.54, 1.807) is 6.07 Å². The van der Waals surface area contributed by atoms with Gasteiger partial charge in [0, 0.05) is 6.04 Å². The molecular formula is C16H23NO. The molecule has 1 fully saturated rings. The van der Waals surface area contributed by atoms with Crippen molar-refractivity contribution in [3.8, 4) is 5.75 Å². The van der Waals surface area contributed by atoms with Crippen LogP contribution in [0, 0.1) is 5.92 Å². The lowest BCUT2D eigenvalue weighted by molar-refractivity contribution is 0.133. The zero-order chi connectivity index (χ0) is 12.8. The minimum Gasteiger partial charge on any atom is -0.508 e. The molecule has 3 rings (SSSR count). The molecule has 0 radical (unpaired) electrons. The number of hydrogen-bond donors (Lipinski definition) is 2. The Morgan fingerprint density at radius 3 is 3.00 bits per heavy atom. The monoisotopic (exact) mass is 245 g/mol. The van der Waals surface area contributed by atoms with Crippen LogP contribution in [0.15, 0.2) is 18.2 Å². The zero-order valence-corrected chi connectivity index (χ0v) is 11.2. The minimum absolute atomic E-state index is 0.226. The molecule has 0 amide bonds. The highest BCUT2D eigenvalue weighted by Crippen LogP contribution is 2.52. The van der Waals surface area contributed by atoms with Gasteiger partial charge in [0.05, 0.1) is 0 Å². The highest BCUT2D eigenvalue weighted by atomic mass is 16.3. The third-order valence-corrected chi connectivity index (χ3v) is 5.33. The first-order chi connectivity index (χ1) is 8.67. The first kappa shape index (κ1) is 12.0. The normalized spacial score (nSPS) is 34.8. The maximum absolute atomic E-state index is 9.82. The molecule has 2 aliphatic carbocycles. The van der Waals surface area contributed by atoms with E-state index in [1.807, 2.05) is 6.07 Å². The molecule has 3 atom stereocenters. The predicted molar refractivity (Wildman–Crippen MR) is 73.7 cm³/mol. The van der Waals surface area contributed by atoms with Crippen molar-refractivity contribution in [3.63, 3.8) is 0 Å². The van der Waals surface area contributed by atoms with Crippen LogP contribution in [0.2, 0.25) is 0 Å². The van der Waals surface area contributed by atoms with Crippen LogP contribution in [-0.4, -0.2) is 11.1 Å². The van der Waals surface area contributed by atoms with Gasteiger partial charge in [-0.25, -0.2) is 0 Å². The van der Waals surface area contributed by atoms with Crippen LogP contribution in [-0.2, 0) is 11.8 Å². The van der Waals surface area contributed by atoms with Crippen LogP contribution in [0.5, 0.6) is 5.75 Å².